The number of halogens is 2. The van der Waals surface area contributed by atoms with E-state index in [1.54, 1.807) is 12.1 Å². The van der Waals surface area contributed by atoms with Gasteiger partial charge >= 0.3 is 0 Å². The maximum absolute atomic E-state index is 5.84. The van der Waals surface area contributed by atoms with E-state index < -0.39 is 0 Å². The maximum atomic E-state index is 5.84. The third-order valence-electron chi connectivity index (χ3n) is 2.59. The van der Waals surface area contributed by atoms with Crippen molar-refractivity contribution in [2.24, 2.45) is 0 Å². The highest BCUT2D eigenvalue weighted by Crippen LogP contribution is 2.38. The number of hydrogen-bond donors (Lipinski definition) is 0. The van der Waals surface area contributed by atoms with E-state index in [4.69, 9.17) is 16.3 Å². The van der Waals surface area contributed by atoms with Crippen LogP contribution in [0.2, 0.25) is 5.15 Å². The standard InChI is InChI=1S/C14H14BrClN2O/c1-14(2,3)9-5-4-6-10(15)13(9)19-12-8-7-11(16)17-18-12/h4-8H,1-3H3. The van der Waals surface area contributed by atoms with Crippen molar-refractivity contribution < 1.29 is 4.74 Å². The normalized spacial score (nSPS) is 11.4. The van der Waals surface area contributed by atoms with Crippen molar-refractivity contribution in [2.75, 3.05) is 0 Å². The number of aromatic nitrogens is 2. The van der Waals surface area contributed by atoms with Crippen LogP contribution in [0.15, 0.2) is 34.8 Å². The second-order valence-corrected chi connectivity index (χ2v) is 6.40. The van der Waals surface area contributed by atoms with Crippen molar-refractivity contribution in [1.82, 2.24) is 10.2 Å². The smallest absolute Gasteiger partial charge is 0.239 e. The number of rotatable bonds is 2. The number of nitrogens with zero attached hydrogens (tertiary/aromatic N) is 2. The molecule has 100 valence electrons. The Hall–Kier alpha value is -1.13. The summed E-state index contributed by atoms with van der Waals surface area (Å²) < 4.78 is 6.73. The molecule has 0 N–H and O–H groups in total. The Morgan fingerprint density at radius 1 is 1.11 bits per heavy atom. The molecule has 1 aromatic carbocycles. The summed E-state index contributed by atoms with van der Waals surface area (Å²) in [6.07, 6.45) is 0. The zero-order valence-electron chi connectivity index (χ0n) is 10.9. The van der Waals surface area contributed by atoms with Crippen molar-refractivity contribution in [1.29, 1.82) is 0 Å². The molecule has 0 unspecified atom stereocenters. The molecule has 0 amide bonds. The SMILES string of the molecule is CC(C)(C)c1cccc(Br)c1Oc1ccc(Cl)nn1. The topological polar surface area (TPSA) is 35.0 Å². The van der Waals surface area contributed by atoms with Gasteiger partial charge in [0.2, 0.25) is 5.88 Å². The molecule has 1 aromatic heterocycles. The maximum Gasteiger partial charge on any atom is 0.239 e. The van der Waals surface area contributed by atoms with E-state index in [1.807, 2.05) is 18.2 Å². The molecule has 0 aliphatic rings. The molecule has 0 aliphatic heterocycles. The lowest BCUT2D eigenvalue weighted by molar-refractivity contribution is 0.431. The van der Waals surface area contributed by atoms with Crippen LogP contribution in [0, 0.1) is 0 Å². The van der Waals surface area contributed by atoms with E-state index in [2.05, 4.69) is 46.9 Å². The van der Waals surface area contributed by atoms with Crippen molar-refractivity contribution in [3.63, 3.8) is 0 Å². The Labute approximate surface area is 126 Å². The molecule has 19 heavy (non-hydrogen) atoms. The van der Waals surface area contributed by atoms with Gasteiger partial charge in [0.1, 0.15) is 5.75 Å². The lowest BCUT2D eigenvalue weighted by Gasteiger charge is -2.23. The predicted molar refractivity (Wildman–Crippen MR) is 80.0 cm³/mol. The van der Waals surface area contributed by atoms with Gasteiger partial charge in [-0.15, -0.1) is 10.2 Å². The molecule has 0 spiro atoms. The molecule has 2 rings (SSSR count). The molecule has 3 nitrogen and oxygen atoms in total. The summed E-state index contributed by atoms with van der Waals surface area (Å²) in [4.78, 5) is 0. The summed E-state index contributed by atoms with van der Waals surface area (Å²) in [5, 5.41) is 8.03. The van der Waals surface area contributed by atoms with Crippen LogP contribution in [-0.4, -0.2) is 10.2 Å². The monoisotopic (exact) mass is 340 g/mol. The first-order chi connectivity index (χ1) is 8.88. The molecular formula is C14H14BrClN2O. The highest BCUT2D eigenvalue weighted by atomic mass is 79.9. The average molecular weight is 342 g/mol. The number of para-hydroxylation sites is 1. The van der Waals surface area contributed by atoms with Gasteiger partial charge in [-0.25, -0.2) is 0 Å². The van der Waals surface area contributed by atoms with Crippen LogP contribution >= 0.6 is 27.5 Å². The van der Waals surface area contributed by atoms with Crippen molar-refractivity contribution in [2.45, 2.75) is 26.2 Å². The summed E-state index contributed by atoms with van der Waals surface area (Å²) in [6, 6.07) is 9.32. The average Bonchev–Trinajstić information content (AvgIpc) is 2.33. The van der Waals surface area contributed by atoms with Gasteiger partial charge in [-0.3, -0.25) is 0 Å². The van der Waals surface area contributed by atoms with Gasteiger partial charge < -0.3 is 4.74 Å². The first-order valence-electron chi connectivity index (χ1n) is 5.84. The molecular weight excluding hydrogens is 328 g/mol. The number of hydrogen-bond acceptors (Lipinski definition) is 3. The fourth-order valence-electron chi connectivity index (χ4n) is 1.67. The fourth-order valence-corrected chi connectivity index (χ4v) is 2.21. The highest BCUT2D eigenvalue weighted by molar-refractivity contribution is 9.10. The molecule has 5 heteroatoms. The third-order valence-corrected chi connectivity index (χ3v) is 3.42. The Bertz CT molecular complexity index is 579. The summed E-state index contributed by atoms with van der Waals surface area (Å²) in [6.45, 7) is 6.40. The molecule has 0 bridgehead atoms. The highest BCUT2D eigenvalue weighted by Gasteiger charge is 2.21. The van der Waals surface area contributed by atoms with Crippen LogP contribution in [0.3, 0.4) is 0 Å². The van der Waals surface area contributed by atoms with E-state index in [9.17, 15) is 0 Å². The predicted octanol–water partition coefficient (Wildman–Crippen LogP) is 4.98. The van der Waals surface area contributed by atoms with E-state index in [1.165, 1.54) is 0 Å². The molecule has 0 radical (unpaired) electrons. The molecule has 0 atom stereocenters. The van der Waals surface area contributed by atoms with Gasteiger partial charge in [0.15, 0.2) is 5.15 Å². The van der Waals surface area contributed by atoms with Crippen molar-refractivity contribution >= 4 is 27.5 Å². The second-order valence-electron chi connectivity index (χ2n) is 5.16. The van der Waals surface area contributed by atoms with Crippen LogP contribution in [0.4, 0.5) is 0 Å². The summed E-state index contributed by atoms with van der Waals surface area (Å²) in [5.41, 5.74) is 1.07. The van der Waals surface area contributed by atoms with Crippen molar-refractivity contribution in [3.8, 4) is 11.6 Å². The molecule has 1 heterocycles. The van der Waals surface area contributed by atoms with Gasteiger partial charge in [0, 0.05) is 11.6 Å². The largest absolute Gasteiger partial charge is 0.436 e. The second kappa shape index (κ2) is 5.47. The van der Waals surface area contributed by atoms with E-state index in [-0.39, 0.29) is 5.41 Å². The molecule has 0 fully saturated rings. The van der Waals surface area contributed by atoms with Crippen LogP contribution in [-0.2, 0) is 5.41 Å². The zero-order valence-corrected chi connectivity index (χ0v) is 13.3. The number of benzene rings is 1. The minimum Gasteiger partial charge on any atom is -0.436 e. The lowest BCUT2D eigenvalue weighted by Crippen LogP contribution is -2.13. The quantitative estimate of drug-likeness (QED) is 0.772. The Kier molecular flexibility index (Phi) is 4.11. The zero-order chi connectivity index (χ0) is 14.0. The molecule has 2 aromatic rings. The van der Waals surface area contributed by atoms with Gasteiger partial charge in [-0.05, 0) is 33.5 Å². The Morgan fingerprint density at radius 3 is 2.42 bits per heavy atom. The first-order valence-corrected chi connectivity index (χ1v) is 7.01. The Morgan fingerprint density at radius 2 is 1.84 bits per heavy atom. The Balaban J connectivity index is 2.42. The molecule has 0 aliphatic carbocycles. The first kappa shape index (κ1) is 14.3. The molecule has 0 saturated heterocycles. The van der Waals surface area contributed by atoms with Crippen LogP contribution in [0.25, 0.3) is 0 Å². The minimum absolute atomic E-state index is 0.0288. The summed E-state index contributed by atoms with van der Waals surface area (Å²) >= 11 is 9.22. The van der Waals surface area contributed by atoms with E-state index >= 15 is 0 Å². The third kappa shape index (κ3) is 3.45. The van der Waals surface area contributed by atoms with Crippen LogP contribution in [0.5, 0.6) is 11.6 Å². The van der Waals surface area contributed by atoms with E-state index in [0.717, 1.165) is 15.8 Å². The van der Waals surface area contributed by atoms with Crippen molar-refractivity contribution in [3.05, 3.63) is 45.5 Å². The van der Waals surface area contributed by atoms with Gasteiger partial charge in [0.25, 0.3) is 0 Å². The molecule has 0 saturated carbocycles. The summed E-state index contributed by atoms with van der Waals surface area (Å²) in [7, 11) is 0. The number of ether oxygens (including phenoxy) is 1. The minimum atomic E-state index is -0.0288. The fraction of sp³-hybridized carbons (Fsp3) is 0.286. The van der Waals surface area contributed by atoms with Gasteiger partial charge in [-0.1, -0.05) is 44.5 Å². The van der Waals surface area contributed by atoms with Crippen LogP contribution in [0.1, 0.15) is 26.3 Å². The lowest BCUT2D eigenvalue weighted by atomic mass is 9.86. The van der Waals surface area contributed by atoms with Gasteiger partial charge in [-0.2, -0.15) is 0 Å². The van der Waals surface area contributed by atoms with Gasteiger partial charge in [0.05, 0.1) is 4.47 Å². The van der Waals surface area contributed by atoms with E-state index in [0.29, 0.717) is 11.0 Å². The van der Waals surface area contributed by atoms with Crippen LogP contribution < -0.4 is 4.74 Å². The summed E-state index contributed by atoms with van der Waals surface area (Å²) in [5.74, 6) is 1.17.